The minimum Gasteiger partial charge on any atom is -0.497 e. The average molecular weight is 450 g/mol. The lowest BCUT2D eigenvalue weighted by Gasteiger charge is -2.26. The number of carbonyl (C=O) groups is 2. The molecule has 0 saturated heterocycles. The van der Waals surface area contributed by atoms with Crippen LogP contribution in [0.1, 0.15) is 25.0 Å². The Morgan fingerprint density at radius 2 is 1.15 bits per heavy atom. The van der Waals surface area contributed by atoms with Gasteiger partial charge in [0.2, 0.25) is 0 Å². The van der Waals surface area contributed by atoms with Gasteiger partial charge in [-0.3, -0.25) is 10.6 Å². The minimum atomic E-state index is -0.528. The molecule has 2 heterocycles. The SMILES string of the molecule is CC(C)(c1ccc(NC(=O)OC2C=COC2)cc1)c1ccc(NC(=O)OC2C=COC2)cc1. The number of carbonyl (C=O) groups excluding carboxylic acids is 2. The number of hydrogen-bond donors (Lipinski definition) is 2. The number of anilines is 2. The Labute approximate surface area is 192 Å². The molecule has 2 aliphatic rings. The predicted molar refractivity (Wildman–Crippen MR) is 123 cm³/mol. The number of nitrogens with one attached hydrogen (secondary N) is 2. The second kappa shape index (κ2) is 9.68. The summed E-state index contributed by atoms with van der Waals surface area (Å²) < 4.78 is 20.6. The second-order valence-corrected chi connectivity index (χ2v) is 8.24. The first-order valence-corrected chi connectivity index (χ1v) is 10.6. The fourth-order valence-corrected chi connectivity index (χ4v) is 3.52. The van der Waals surface area contributed by atoms with Gasteiger partial charge in [0.15, 0.2) is 12.2 Å². The van der Waals surface area contributed by atoms with Gasteiger partial charge in [-0.1, -0.05) is 38.1 Å². The van der Waals surface area contributed by atoms with Crippen LogP contribution in [0.15, 0.2) is 73.2 Å². The van der Waals surface area contributed by atoms with Crippen LogP contribution < -0.4 is 10.6 Å². The van der Waals surface area contributed by atoms with Crippen molar-refractivity contribution in [2.24, 2.45) is 0 Å². The summed E-state index contributed by atoms with van der Waals surface area (Å²) in [7, 11) is 0. The standard InChI is InChI=1S/C25H26N2O6/c1-25(2,17-3-7-19(8-4-17)26-23(28)32-21-11-13-30-15-21)18-5-9-20(10-6-18)27-24(29)33-22-12-14-31-16-22/h3-14,21-22H,15-16H2,1-2H3,(H,26,28)(H,27,29). The van der Waals surface area contributed by atoms with Crippen molar-refractivity contribution in [2.45, 2.75) is 31.5 Å². The highest BCUT2D eigenvalue weighted by molar-refractivity contribution is 5.85. The summed E-state index contributed by atoms with van der Waals surface area (Å²) in [5.74, 6) is 0. The monoisotopic (exact) mass is 450 g/mol. The molecule has 2 amide bonds. The molecule has 0 aliphatic carbocycles. The van der Waals surface area contributed by atoms with Crippen molar-refractivity contribution in [2.75, 3.05) is 23.8 Å². The van der Waals surface area contributed by atoms with Gasteiger partial charge < -0.3 is 18.9 Å². The van der Waals surface area contributed by atoms with Gasteiger partial charge in [0.05, 0.1) is 12.5 Å². The summed E-state index contributed by atoms with van der Waals surface area (Å²) in [5.41, 5.74) is 3.13. The largest absolute Gasteiger partial charge is 0.497 e. The van der Waals surface area contributed by atoms with Crippen molar-refractivity contribution in [3.8, 4) is 0 Å². The summed E-state index contributed by atoms with van der Waals surface area (Å²) in [4.78, 5) is 24.0. The molecule has 0 bridgehead atoms. The van der Waals surface area contributed by atoms with E-state index in [4.69, 9.17) is 18.9 Å². The van der Waals surface area contributed by atoms with Crippen molar-refractivity contribution in [3.05, 3.63) is 84.3 Å². The Kier molecular flexibility index (Phi) is 6.53. The molecule has 33 heavy (non-hydrogen) atoms. The van der Waals surface area contributed by atoms with Gasteiger partial charge in [-0.25, -0.2) is 9.59 Å². The molecule has 0 aromatic heterocycles. The van der Waals surface area contributed by atoms with Crippen molar-refractivity contribution >= 4 is 23.6 Å². The maximum atomic E-state index is 12.0. The Bertz CT molecular complexity index is 960. The van der Waals surface area contributed by atoms with Gasteiger partial charge >= 0.3 is 12.2 Å². The Hall–Kier alpha value is -3.94. The van der Waals surface area contributed by atoms with E-state index >= 15 is 0 Å². The molecule has 2 N–H and O–H groups in total. The van der Waals surface area contributed by atoms with Crippen LogP contribution in [0.3, 0.4) is 0 Å². The summed E-state index contributed by atoms with van der Waals surface area (Å²) in [6.07, 6.45) is 4.64. The zero-order valence-corrected chi connectivity index (χ0v) is 18.4. The molecule has 0 spiro atoms. The first-order chi connectivity index (χ1) is 15.9. The van der Waals surface area contributed by atoms with E-state index in [0.29, 0.717) is 24.6 Å². The van der Waals surface area contributed by atoms with E-state index in [2.05, 4.69) is 24.5 Å². The number of rotatable bonds is 6. The fourth-order valence-electron chi connectivity index (χ4n) is 3.52. The van der Waals surface area contributed by atoms with E-state index in [1.165, 1.54) is 12.5 Å². The molecule has 2 unspecified atom stereocenters. The molecular weight excluding hydrogens is 424 g/mol. The van der Waals surface area contributed by atoms with Crippen LogP contribution in [0.5, 0.6) is 0 Å². The molecule has 172 valence electrons. The lowest BCUT2D eigenvalue weighted by Crippen LogP contribution is -2.23. The molecule has 0 fully saturated rings. The third kappa shape index (κ3) is 5.65. The van der Waals surface area contributed by atoms with E-state index in [-0.39, 0.29) is 17.6 Å². The van der Waals surface area contributed by atoms with Crippen LogP contribution in [0.25, 0.3) is 0 Å². The maximum Gasteiger partial charge on any atom is 0.412 e. The summed E-state index contributed by atoms with van der Waals surface area (Å²) in [5, 5.41) is 5.45. The van der Waals surface area contributed by atoms with E-state index in [0.717, 1.165) is 11.1 Å². The van der Waals surface area contributed by atoms with Crippen LogP contribution in [-0.2, 0) is 24.4 Å². The fraction of sp³-hybridized carbons (Fsp3) is 0.280. The highest BCUT2D eigenvalue weighted by Gasteiger charge is 2.24. The molecule has 8 nitrogen and oxygen atoms in total. The van der Waals surface area contributed by atoms with E-state index in [9.17, 15) is 9.59 Å². The topological polar surface area (TPSA) is 95.1 Å². The first kappa shape index (κ1) is 22.3. The Morgan fingerprint density at radius 3 is 1.48 bits per heavy atom. The molecule has 4 rings (SSSR count). The van der Waals surface area contributed by atoms with Crippen LogP contribution in [0, 0.1) is 0 Å². The van der Waals surface area contributed by atoms with Gasteiger partial charge in [0, 0.05) is 16.8 Å². The summed E-state index contributed by atoms with van der Waals surface area (Å²) in [6.45, 7) is 4.89. The normalized spacial score (nSPS) is 18.8. The van der Waals surface area contributed by atoms with Crippen LogP contribution in [0.2, 0.25) is 0 Å². The second-order valence-electron chi connectivity index (χ2n) is 8.24. The van der Waals surface area contributed by atoms with Gasteiger partial charge in [-0.05, 0) is 47.5 Å². The Morgan fingerprint density at radius 1 is 0.758 bits per heavy atom. The third-order valence-corrected chi connectivity index (χ3v) is 5.52. The third-order valence-electron chi connectivity index (χ3n) is 5.52. The highest BCUT2D eigenvalue weighted by atomic mass is 16.6. The molecule has 2 aromatic rings. The minimum absolute atomic E-state index is 0.296. The number of benzene rings is 2. The quantitative estimate of drug-likeness (QED) is 0.648. The van der Waals surface area contributed by atoms with Gasteiger partial charge in [0.1, 0.15) is 13.2 Å². The number of amides is 2. The summed E-state index contributed by atoms with van der Waals surface area (Å²) in [6, 6.07) is 15.2. The van der Waals surface area contributed by atoms with E-state index in [1.807, 2.05) is 48.5 Å². The average Bonchev–Trinajstić information content (AvgIpc) is 3.49. The van der Waals surface area contributed by atoms with E-state index < -0.39 is 12.2 Å². The lowest BCUT2D eigenvalue weighted by molar-refractivity contribution is 0.104. The zero-order valence-electron chi connectivity index (χ0n) is 18.4. The van der Waals surface area contributed by atoms with E-state index in [1.54, 1.807) is 12.2 Å². The maximum absolute atomic E-state index is 12.0. The molecule has 0 radical (unpaired) electrons. The first-order valence-electron chi connectivity index (χ1n) is 10.6. The van der Waals surface area contributed by atoms with Crippen molar-refractivity contribution in [3.63, 3.8) is 0 Å². The predicted octanol–water partition coefficient (Wildman–Crippen LogP) is 4.93. The number of hydrogen-bond acceptors (Lipinski definition) is 6. The van der Waals surface area contributed by atoms with Crippen molar-refractivity contribution < 1.29 is 28.5 Å². The van der Waals surface area contributed by atoms with Crippen molar-refractivity contribution in [1.82, 2.24) is 0 Å². The molecule has 2 aromatic carbocycles. The van der Waals surface area contributed by atoms with Crippen LogP contribution in [0.4, 0.5) is 21.0 Å². The van der Waals surface area contributed by atoms with Gasteiger partial charge in [0.25, 0.3) is 0 Å². The Balaban J connectivity index is 1.34. The van der Waals surface area contributed by atoms with Crippen LogP contribution in [-0.4, -0.2) is 37.6 Å². The number of ether oxygens (including phenoxy) is 4. The van der Waals surface area contributed by atoms with Crippen LogP contribution >= 0.6 is 0 Å². The van der Waals surface area contributed by atoms with Gasteiger partial charge in [-0.2, -0.15) is 0 Å². The summed E-state index contributed by atoms with van der Waals surface area (Å²) >= 11 is 0. The molecular formula is C25H26N2O6. The molecule has 2 aliphatic heterocycles. The lowest BCUT2D eigenvalue weighted by atomic mass is 9.78. The molecule has 0 saturated carbocycles. The zero-order chi connectivity index (χ0) is 23.3. The van der Waals surface area contributed by atoms with Crippen molar-refractivity contribution in [1.29, 1.82) is 0 Å². The molecule has 2 atom stereocenters. The smallest absolute Gasteiger partial charge is 0.412 e. The molecule has 8 heteroatoms. The van der Waals surface area contributed by atoms with Gasteiger partial charge in [-0.15, -0.1) is 0 Å². The highest BCUT2D eigenvalue weighted by Crippen LogP contribution is 2.33.